The highest BCUT2D eigenvalue weighted by molar-refractivity contribution is 7.99. The van der Waals surface area contributed by atoms with E-state index in [0.29, 0.717) is 40.0 Å². The fraction of sp³-hybridized carbons (Fsp3) is 0.400. The molecule has 2 aromatic heterocycles. The maximum atomic E-state index is 13.1. The van der Waals surface area contributed by atoms with Gasteiger partial charge in [0, 0.05) is 18.2 Å². The standard InChI is InChI=1S/C20H23N3O4S2/c1-29(25,26)12-2-11-28-20-22-18-17(9-10-21-18)19(24)23(20)15-5-7-16(8-6-15)27-13-14-3-4-14/h5-10,14,21H,2-4,11-13H2,1H3. The fourth-order valence-electron chi connectivity index (χ4n) is 2.98. The minimum absolute atomic E-state index is 0.113. The number of thioether (sulfide) groups is 1. The molecule has 0 aliphatic heterocycles. The van der Waals surface area contributed by atoms with Crippen molar-refractivity contribution < 1.29 is 13.2 Å². The van der Waals surface area contributed by atoms with E-state index in [1.165, 1.54) is 30.9 Å². The Kier molecular flexibility index (Phi) is 5.69. The number of H-pyrrole nitrogens is 1. The molecule has 0 bridgehead atoms. The normalized spacial score (nSPS) is 14.4. The summed E-state index contributed by atoms with van der Waals surface area (Å²) >= 11 is 1.38. The molecular weight excluding hydrogens is 410 g/mol. The second-order valence-corrected chi connectivity index (χ2v) is 10.7. The van der Waals surface area contributed by atoms with Crippen molar-refractivity contribution in [2.75, 3.05) is 24.4 Å². The van der Waals surface area contributed by atoms with Gasteiger partial charge in [-0.25, -0.2) is 13.4 Å². The number of hydrogen-bond acceptors (Lipinski definition) is 6. The van der Waals surface area contributed by atoms with E-state index in [1.807, 2.05) is 24.3 Å². The molecule has 0 radical (unpaired) electrons. The summed E-state index contributed by atoms with van der Waals surface area (Å²) in [5.41, 5.74) is 1.07. The Hall–Kier alpha value is -2.26. The maximum absolute atomic E-state index is 13.1. The zero-order chi connectivity index (χ0) is 20.4. The van der Waals surface area contributed by atoms with E-state index in [-0.39, 0.29) is 11.3 Å². The van der Waals surface area contributed by atoms with Crippen LogP contribution in [0.2, 0.25) is 0 Å². The van der Waals surface area contributed by atoms with Gasteiger partial charge in [-0.3, -0.25) is 9.36 Å². The summed E-state index contributed by atoms with van der Waals surface area (Å²) in [5, 5.41) is 1.05. The van der Waals surface area contributed by atoms with Gasteiger partial charge in [0.2, 0.25) is 0 Å². The summed E-state index contributed by atoms with van der Waals surface area (Å²) in [5.74, 6) is 2.12. The minimum Gasteiger partial charge on any atom is -0.493 e. The van der Waals surface area contributed by atoms with Crippen LogP contribution in [0.1, 0.15) is 19.3 Å². The minimum atomic E-state index is -3.01. The van der Waals surface area contributed by atoms with Crippen LogP contribution in [0.5, 0.6) is 5.75 Å². The second kappa shape index (κ2) is 8.23. The van der Waals surface area contributed by atoms with Crippen LogP contribution < -0.4 is 10.3 Å². The van der Waals surface area contributed by atoms with Crippen molar-refractivity contribution in [3.8, 4) is 11.4 Å². The number of nitrogens with zero attached hydrogens (tertiary/aromatic N) is 2. The molecule has 0 atom stereocenters. The monoisotopic (exact) mass is 433 g/mol. The molecule has 154 valence electrons. The molecule has 2 heterocycles. The van der Waals surface area contributed by atoms with Crippen molar-refractivity contribution in [2.45, 2.75) is 24.4 Å². The first-order valence-electron chi connectivity index (χ1n) is 9.54. The quantitative estimate of drug-likeness (QED) is 0.317. The smallest absolute Gasteiger partial charge is 0.268 e. The maximum Gasteiger partial charge on any atom is 0.268 e. The van der Waals surface area contributed by atoms with E-state index in [4.69, 9.17) is 4.74 Å². The topological polar surface area (TPSA) is 94.0 Å². The molecule has 0 unspecified atom stereocenters. The zero-order valence-electron chi connectivity index (χ0n) is 16.1. The molecule has 1 N–H and O–H groups in total. The van der Waals surface area contributed by atoms with Gasteiger partial charge < -0.3 is 9.72 Å². The predicted octanol–water partition coefficient (Wildman–Crippen LogP) is 3.03. The molecule has 4 rings (SSSR count). The largest absolute Gasteiger partial charge is 0.493 e. The van der Waals surface area contributed by atoms with Crippen LogP contribution in [0.3, 0.4) is 0 Å². The third kappa shape index (κ3) is 5.02. The number of aromatic amines is 1. The molecule has 1 aliphatic carbocycles. The van der Waals surface area contributed by atoms with Gasteiger partial charge in [-0.05, 0) is 55.5 Å². The molecule has 1 fully saturated rings. The number of sulfone groups is 1. The fourth-order valence-corrected chi connectivity index (χ4v) is 4.77. The van der Waals surface area contributed by atoms with E-state index in [0.717, 1.165) is 12.4 Å². The number of benzene rings is 1. The number of rotatable bonds is 9. The Balaban J connectivity index is 1.60. The Morgan fingerprint density at radius 3 is 2.69 bits per heavy atom. The van der Waals surface area contributed by atoms with Crippen molar-refractivity contribution in [3.63, 3.8) is 0 Å². The summed E-state index contributed by atoms with van der Waals surface area (Å²) in [4.78, 5) is 20.6. The molecule has 29 heavy (non-hydrogen) atoms. The van der Waals surface area contributed by atoms with Crippen LogP contribution in [0.15, 0.2) is 46.5 Å². The first-order valence-corrected chi connectivity index (χ1v) is 12.6. The van der Waals surface area contributed by atoms with Gasteiger partial charge in [-0.2, -0.15) is 0 Å². The van der Waals surface area contributed by atoms with Gasteiger partial charge in [0.05, 0.1) is 23.4 Å². The van der Waals surface area contributed by atoms with Crippen LogP contribution in [0, 0.1) is 5.92 Å². The molecule has 1 aromatic carbocycles. The van der Waals surface area contributed by atoms with Crippen molar-refractivity contribution in [2.24, 2.45) is 5.92 Å². The lowest BCUT2D eigenvalue weighted by Gasteiger charge is -2.13. The van der Waals surface area contributed by atoms with Crippen LogP contribution in [0.4, 0.5) is 0 Å². The molecule has 7 nitrogen and oxygen atoms in total. The van der Waals surface area contributed by atoms with Gasteiger partial charge in [-0.15, -0.1) is 0 Å². The van der Waals surface area contributed by atoms with Crippen LogP contribution in [-0.4, -0.2) is 47.3 Å². The van der Waals surface area contributed by atoms with Crippen molar-refractivity contribution in [1.82, 2.24) is 14.5 Å². The highest BCUT2D eigenvalue weighted by atomic mass is 32.2. The number of aromatic nitrogens is 3. The number of nitrogens with one attached hydrogen (secondary N) is 1. The second-order valence-electron chi connectivity index (χ2n) is 7.36. The van der Waals surface area contributed by atoms with Crippen LogP contribution >= 0.6 is 11.8 Å². The summed E-state index contributed by atoms with van der Waals surface area (Å²) in [7, 11) is -3.01. The van der Waals surface area contributed by atoms with Crippen LogP contribution in [-0.2, 0) is 9.84 Å². The lowest BCUT2D eigenvalue weighted by atomic mass is 10.3. The van der Waals surface area contributed by atoms with Gasteiger partial charge in [0.25, 0.3) is 5.56 Å². The highest BCUT2D eigenvalue weighted by Gasteiger charge is 2.22. The molecule has 1 saturated carbocycles. The van der Waals surface area contributed by atoms with Crippen LogP contribution in [0.25, 0.3) is 16.7 Å². The third-order valence-corrected chi connectivity index (χ3v) is 6.78. The van der Waals surface area contributed by atoms with E-state index in [1.54, 1.807) is 16.8 Å². The molecule has 1 aliphatic rings. The number of ether oxygens (including phenoxy) is 1. The van der Waals surface area contributed by atoms with E-state index in [9.17, 15) is 13.2 Å². The first kappa shape index (κ1) is 20.0. The molecule has 9 heteroatoms. The SMILES string of the molecule is CS(=O)(=O)CCCSc1nc2[nH]ccc2c(=O)n1-c1ccc(OCC2CC2)cc1. The summed E-state index contributed by atoms with van der Waals surface area (Å²) in [6.45, 7) is 0.734. The molecule has 0 saturated heterocycles. The summed E-state index contributed by atoms with van der Waals surface area (Å²) in [6, 6.07) is 9.15. The highest BCUT2D eigenvalue weighted by Crippen LogP contribution is 2.30. The molecular formula is C20H23N3O4S2. The summed E-state index contributed by atoms with van der Waals surface area (Å²) in [6.07, 6.45) is 5.88. The molecule has 0 amide bonds. The van der Waals surface area contributed by atoms with Gasteiger partial charge in [0.15, 0.2) is 5.16 Å². The van der Waals surface area contributed by atoms with Crippen molar-refractivity contribution >= 4 is 32.6 Å². The van der Waals surface area contributed by atoms with Crippen molar-refractivity contribution in [3.05, 3.63) is 46.9 Å². The predicted molar refractivity (Wildman–Crippen MR) is 115 cm³/mol. The third-order valence-electron chi connectivity index (χ3n) is 4.73. The lowest BCUT2D eigenvalue weighted by Crippen LogP contribution is -2.21. The Bertz CT molecular complexity index is 1160. The number of hydrogen-bond donors (Lipinski definition) is 1. The zero-order valence-corrected chi connectivity index (χ0v) is 17.8. The van der Waals surface area contributed by atoms with Gasteiger partial charge in [0.1, 0.15) is 21.2 Å². The van der Waals surface area contributed by atoms with E-state index < -0.39 is 9.84 Å². The number of fused-ring (bicyclic) bond motifs is 1. The first-order chi connectivity index (χ1) is 13.9. The Labute approximate surface area is 173 Å². The molecule has 3 aromatic rings. The van der Waals surface area contributed by atoms with Crippen molar-refractivity contribution in [1.29, 1.82) is 0 Å². The summed E-state index contributed by atoms with van der Waals surface area (Å²) < 4.78 is 30.1. The molecule has 0 spiro atoms. The van der Waals surface area contributed by atoms with E-state index >= 15 is 0 Å². The average molecular weight is 434 g/mol. The Morgan fingerprint density at radius 1 is 1.24 bits per heavy atom. The van der Waals surface area contributed by atoms with E-state index in [2.05, 4.69) is 9.97 Å². The lowest BCUT2D eigenvalue weighted by molar-refractivity contribution is 0.300. The Morgan fingerprint density at radius 2 is 2.00 bits per heavy atom. The average Bonchev–Trinajstić information content (AvgIpc) is 3.39. The van der Waals surface area contributed by atoms with Gasteiger partial charge in [-0.1, -0.05) is 11.8 Å². The van der Waals surface area contributed by atoms with Gasteiger partial charge >= 0.3 is 0 Å².